The molecule has 2 rings (SSSR count). The lowest BCUT2D eigenvalue weighted by atomic mass is 10.1. The van der Waals surface area contributed by atoms with Crippen LogP contribution in [0.25, 0.3) is 0 Å². The fraction of sp³-hybridized carbons (Fsp3) is 0.200. The van der Waals surface area contributed by atoms with Crippen molar-refractivity contribution in [3.05, 3.63) is 58.0 Å². The lowest BCUT2D eigenvalue weighted by Gasteiger charge is -2.16. The number of nitrogens with one attached hydrogen (secondary N) is 1. The summed E-state index contributed by atoms with van der Waals surface area (Å²) in [5, 5.41) is 22.8. The maximum absolute atomic E-state index is 12.2. The topological polar surface area (TPSA) is 126 Å². The van der Waals surface area contributed by atoms with Gasteiger partial charge >= 0.3 is 5.69 Å². The number of nitrogens with zero attached hydrogens (tertiary/aromatic N) is 2. The number of nitro benzene ring substituents is 1. The molecular formula is C15H15N3O6. The number of furan rings is 1. The van der Waals surface area contributed by atoms with Crippen LogP contribution in [0.3, 0.4) is 0 Å². The smallest absolute Gasteiger partial charge is 0.310 e. The summed E-state index contributed by atoms with van der Waals surface area (Å²) in [4.78, 5) is 35.0. The fourth-order valence-corrected chi connectivity index (χ4v) is 1.97. The zero-order valence-corrected chi connectivity index (χ0v) is 12.8. The van der Waals surface area contributed by atoms with Crippen molar-refractivity contribution in [3.8, 4) is 5.75 Å². The van der Waals surface area contributed by atoms with Crippen LogP contribution < -0.4 is 5.32 Å². The monoisotopic (exact) mass is 333 g/mol. The van der Waals surface area contributed by atoms with Gasteiger partial charge in [0, 0.05) is 18.7 Å². The maximum Gasteiger partial charge on any atom is 0.310 e. The Hall–Kier alpha value is -3.36. The first-order valence-corrected chi connectivity index (χ1v) is 6.90. The normalized spacial score (nSPS) is 10.2. The van der Waals surface area contributed by atoms with Gasteiger partial charge < -0.3 is 19.7 Å². The van der Waals surface area contributed by atoms with Gasteiger partial charge in [-0.25, -0.2) is 0 Å². The van der Waals surface area contributed by atoms with E-state index in [1.165, 1.54) is 19.4 Å². The van der Waals surface area contributed by atoms with Gasteiger partial charge in [-0.15, -0.1) is 0 Å². The van der Waals surface area contributed by atoms with Crippen LogP contribution >= 0.6 is 0 Å². The molecule has 0 bridgehead atoms. The number of carbonyl (C=O) groups excluding carboxylic acids is 2. The molecule has 0 unspecified atom stereocenters. The lowest BCUT2D eigenvalue weighted by molar-refractivity contribution is -0.385. The van der Waals surface area contributed by atoms with Crippen LogP contribution in [0.15, 0.2) is 41.0 Å². The highest BCUT2D eigenvalue weighted by Gasteiger charge is 2.19. The molecule has 2 amide bonds. The summed E-state index contributed by atoms with van der Waals surface area (Å²) in [6.07, 6.45) is 1.48. The average molecular weight is 333 g/mol. The quantitative estimate of drug-likeness (QED) is 0.606. The molecule has 2 aromatic rings. The zero-order valence-electron chi connectivity index (χ0n) is 12.8. The van der Waals surface area contributed by atoms with Crippen LogP contribution in [0.2, 0.25) is 0 Å². The number of aromatic hydroxyl groups is 1. The summed E-state index contributed by atoms with van der Waals surface area (Å²) < 4.78 is 5.07. The van der Waals surface area contributed by atoms with Crippen molar-refractivity contribution >= 4 is 17.5 Å². The van der Waals surface area contributed by atoms with Crippen LogP contribution in [-0.2, 0) is 11.3 Å². The second kappa shape index (κ2) is 7.27. The summed E-state index contributed by atoms with van der Waals surface area (Å²) >= 11 is 0. The van der Waals surface area contributed by atoms with Crippen molar-refractivity contribution in [3.63, 3.8) is 0 Å². The van der Waals surface area contributed by atoms with Gasteiger partial charge in [0.1, 0.15) is 5.76 Å². The number of nitro groups is 1. The fourth-order valence-electron chi connectivity index (χ4n) is 1.97. The number of amides is 2. The van der Waals surface area contributed by atoms with Gasteiger partial charge in [0.15, 0.2) is 5.75 Å². The standard InChI is InChI=1S/C15H15N3O6/c1-17(9-14(20)16-8-11-3-2-6-24-11)15(21)10-4-5-12(18(22)23)13(19)7-10/h2-7,19H,8-9H2,1H3,(H,16,20). The van der Waals surface area contributed by atoms with Crippen molar-refractivity contribution < 1.29 is 24.0 Å². The Labute approximate surface area is 136 Å². The van der Waals surface area contributed by atoms with E-state index in [2.05, 4.69) is 5.32 Å². The molecule has 2 N–H and O–H groups in total. The molecular weight excluding hydrogens is 318 g/mol. The minimum atomic E-state index is -0.755. The molecule has 1 heterocycles. The number of rotatable bonds is 6. The third kappa shape index (κ3) is 4.09. The van der Waals surface area contributed by atoms with E-state index in [0.717, 1.165) is 17.0 Å². The molecule has 24 heavy (non-hydrogen) atoms. The van der Waals surface area contributed by atoms with E-state index in [1.807, 2.05) is 0 Å². The van der Waals surface area contributed by atoms with E-state index < -0.39 is 28.2 Å². The number of hydrogen-bond acceptors (Lipinski definition) is 6. The second-order valence-corrected chi connectivity index (χ2v) is 4.98. The summed E-state index contributed by atoms with van der Waals surface area (Å²) in [6.45, 7) is -0.0104. The number of phenolic OH excluding ortho intramolecular Hbond substituents is 1. The van der Waals surface area contributed by atoms with Crippen LogP contribution in [0.1, 0.15) is 16.1 Å². The van der Waals surface area contributed by atoms with E-state index >= 15 is 0 Å². The molecule has 0 spiro atoms. The first kappa shape index (κ1) is 17.0. The minimum absolute atomic E-state index is 0.0411. The Bertz CT molecular complexity index is 757. The molecule has 0 fully saturated rings. The van der Waals surface area contributed by atoms with Crippen LogP contribution in [0, 0.1) is 10.1 Å². The molecule has 9 nitrogen and oxygen atoms in total. The first-order chi connectivity index (χ1) is 11.4. The lowest BCUT2D eigenvalue weighted by Crippen LogP contribution is -2.38. The van der Waals surface area contributed by atoms with E-state index in [4.69, 9.17) is 4.42 Å². The van der Waals surface area contributed by atoms with Gasteiger partial charge in [-0.3, -0.25) is 19.7 Å². The summed E-state index contributed by atoms with van der Waals surface area (Å²) in [7, 11) is 1.41. The predicted molar refractivity (Wildman–Crippen MR) is 82.3 cm³/mol. The Morgan fingerprint density at radius 2 is 2.12 bits per heavy atom. The molecule has 0 radical (unpaired) electrons. The largest absolute Gasteiger partial charge is 0.502 e. The summed E-state index contributed by atoms with van der Waals surface area (Å²) in [5.74, 6) is -0.971. The molecule has 126 valence electrons. The number of benzene rings is 1. The molecule has 1 aromatic heterocycles. The van der Waals surface area contributed by atoms with Crippen molar-refractivity contribution in [1.82, 2.24) is 10.2 Å². The second-order valence-electron chi connectivity index (χ2n) is 4.98. The highest BCUT2D eigenvalue weighted by Crippen LogP contribution is 2.26. The summed E-state index contributed by atoms with van der Waals surface area (Å²) in [5.41, 5.74) is -0.454. The minimum Gasteiger partial charge on any atom is -0.502 e. The molecule has 0 saturated carbocycles. The van der Waals surface area contributed by atoms with Gasteiger partial charge in [0.2, 0.25) is 5.91 Å². The third-order valence-corrected chi connectivity index (χ3v) is 3.19. The van der Waals surface area contributed by atoms with Crippen molar-refractivity contribution in [2.45, 2.75) is 6.54 Å². The third-order valence-electron chi connectivity index (χ3n) is 3.19. The molecule has 0 aliphatic rings. The van der Waals surface area contributed by atoms with E-state index in [1.54, 1.807) is 12.1 Å². The Balaban J connectivity index is 1.95. The van der Waals surface area contributed by atoms with E-state index in [0.29, 0.717) is 5.76 Å². The van der Waals surface area contributed by atoms with Crippen LogP contribution in [-0.4, -0.2) is 40.3 Å². The van der Waals surface area contributed by atoms with E-state index in [-0.39, 0.29) is 18.7 Å². The zero-order chi connectivity index (χ0) is 17.7. The Morgan fingerprint density at radius 3 is 2.71 bits per heavy atom. The first-order valence-electron chi connectivity index (χ1n) is 6.90. The molecule has 1 aromatic carbocycles. The Morgan fingerprint density at radius 1 is 1.38 bits per heavy atom. The number of phenols is 1. The number of likely N-dealkylation sites (N-methyl/N-ethyl adjacent to an activating group) is 1. The molecule has 0 saturated heterocycles. The summed E-state index contributed by atoms with van der Waals surface area (Å²) in [6, 6.07) is 6.65. The van der Waals surface area contributed by atoms with Gasteiger partial charge in [-0.05, 0) is 24.3 Å². The highest BCUT2D eigenvalue weighted by atomic mass is 16.6. The van der Waals surface area contributed by atoms with Gasteiger partial charge in [-0.1, -0.05) is 0 Å². The van der Waals surface area contributed by atoms with Gasteiger partial charge in [0.25, 0.3) is 5.91 Å². The van der Waals surface area contributed by atoms with Crippen molar-refractivity contribution in [2.75, 3.05) is 13.6 Å². The average Bonchev–Trinajstić information content (AvgIpc) is 3.05. The molecule has 0 atom stereocenters. The number of hydrogen-bond donors (Lipinski definition) is 2. The van der Waals surface area contributed by atoms with Crippen molar-refractivity contribution in [1.29, 1.82) is 0 Å². The van der Waals surface area contributed by atoms with Gasteiger partial charge in [0.05, 0.1) is 24.3 Å². The molecule has 0 aliphatic carbocycles. The van der Waals surface area contributed by atoms with Crippen LogP contribution in [0.4, 0.5) is 5.69 Å². The molecule has 9 heteroatoms. The van der Waals surface area contributed by atoms with Gasteiger partial charge in [-0.2, -0.15) is 0 Å². The van der Waals surface area contributed by atoms with Crippen LogP contribution in [0.5, 0.6) is 5.75 Å². The predicted octanol–water partition coefficient (Wildman–Crippen LogP) is 1.28. The SMILES string of the molecule is CN(CC(=O)NCc1ccco1)C(=O)c1ccc([N+](=O)[O-])c(O)c1. The molecule has 0 aliphatic heterocycles. The highest BCUT2D eigenvalue weighted by molar-refractivity contribution is 5.97. The maximum atomic E-state index is 12.2. The Kier molecular flexibility index (Phi) is 5.15. The van der Waals surface area contributed by atoms with E-state index in [9.17, 15) is 24.8 Å². The van der Waals surface area contributed by atoms with Crippen molar-refractivity contribution in [2.24, 2.45) is 0 Å². The number of carbonyl (C=O) groups is 2.